The van der Waals surface area contributed by atoms with E-state index in [2.05, 4.69) is 22.1 Å². The lowest BCUT2D eigenvalue weighted by Crippen LogP contribution is -2.40. The van der Waals surface area contributed by atoms with Crippen LogP contribution in [0.2, 0.25) is 0 Å². The first-order valence-corrected chi connectivity index (χ1v) is 7.68. The maximum atomic E-state index is 12.6. The van der Waals surface area contributed by atoms with Gasteiger partial charge in [0.15, 0.2) is 0 Å². The average Bonchev–Trinajstić information content (AvgIpc) is 2.96. The van der Waals surface area contributed by atoms with Crippen molar-refractivity contribution < 1.29 is 4.79 Å². The van der Waals surface area contributed by atoms with Crippen molar-refractivity contribution >= 4 is 22.5 Å². The standard InChI is InChI=1S/C17H21N3O/c1-2-11-20-12-5-9-15(20)17(21)19-14-8-3-6-13-7-4-10-18-16(13)14/h3-4,6-8,10,15H,2,5,9,11-12H2,1H3,(H,19,21)/t15-/m0/s1. The van der Waals surface area contributed by atoms with Crippen LogP contribution in [0, 0.1) is 0 Å². The van der Waals surface area contributed by atoms with Crippen molar-refractivity contribution in [3.63, 3.8) is 0 Å². The molecule has 0 saturated carbocycles. The Kier molecular flexibility index (Phi) is 4.15. The van der Waals surface area contributed by atoms with E-state index in [-0.39, 0.29) is 11.9 Å². The van der Waals surface area contributed by atoms with Gasteiger partial charge in [0.2, 0.25) is 5.91 Å². The molecule has 1 aromatic carbocycles. The van der Waals surface area contributed by atoms with E-state index in [0.717, 1.165) is 48.9 Å². The highest BCUT2D eigenvalue weighted by Gasteiger charge is 2.30. The minimum Gasteiger partial charge on any atom is -0.323 e. The van der Waals surface area contributed by atoms with Crippen LogP contribution in [0.4, 0.5) is 5.69 Å². The van der Waals surface area contributed by atoms with Crippen molar-refractivity contribution in [2.45, 2.75) is 32.2 Å². The molecule has 1 aromatic heterocycles. The van der Waals surface area contributed by atoms with E-state index in [9.17, 15) is 4.79 Å². The second-order valence-corrected chi connectivity index (χ2v) is 5.56. The van der Waals surface area contributed by atoms with Gasteiger partial charge in [-0.1, -0.05) is 25.1 Å². The molecule has 2 heterocycles. The number of pyridine rings is 1. The smallest absolute Gasteiger partial charge is 0.241 e. The van der Waals surface area contributed by atoms with E-state index in [1.165, 1.54) is 0 Å². The molecule has 0 aliphatic carbocycles. The van der Waals surface area contributed by atoms with Crippen LogP contribution in [-0.2, 0) is 4.79 Å². The lowest BCUT2D eigenvalue weighted by molar-refractivity contribution is -0.120. The van der Waals surface area contributed by atoms with Crippen LogP contribution in [-0.4, -0.2) is 34.9 Å². The second-order valence-electron chi connectivity index (χ2n) is 5.56. The molecule has 4 heteroatoms. The Bertz CT molecular complexity index is 635. The molecule has 1 fully saturated rings. The van der Waals surface area contributed by atoms with Gasteiger partial charge in [0.25, 0.3) is 0 Å². The molecule has 1 N–H and O–H groups in total. The number of hydrogen-bond acceptors (Lipinski definition) is 3. The summed E-state index contributed by atoms with van der Waals surface area (Å²) in [4.78, 5) is 19.2. The molecule has 1 atom stereocenters. The van der Waals surface area contributed by atoms with Gasteiger partial charge in [-0.25, -0.2) is 0 Å². The lowest BCUT2D eigenvalue weighted by Gasteiger charge is -2.23. The zero-order valence-corrected chi connectivity index (χ0v) is 12.4. The minimum absolute atomic E-state index is 0.00363. The number of likely N-dealkylation sites (tertiary alicyclic amines) is 1. The second kappa shape index (κ2) is 6.22. The highest BCUT2D eigenvalue weighted by atomic mass is 16.2. The fourth-order valence-electron chi connectivity index (χ4n) is 3.10. The van der Waals surface area contributed by atoms with Gasteiger partial charge in [0, 0.05) is 11.6 Å². The number of nitrogens with one attached hydrogen (secondary N) is 1. The summed E-state index contributed by atoms with van der Waals surface area (Å²) in [5.74, 6) is 0.0964. The van der Waals surface area contributed by atoms with Crippen molar-refractivity contribution in [3.05, 3.63) is 36.5 Å². The Morgan fingerprint density at radius 2 is 2.24 bits per heavy atom. The fraction of sp³-hybridized carbons (Fsp3) is 0.412. The summed E-state index contributed by atoms with van der Waals surface area (Å²) in [6.07, 6.45) is 4.90. The van der Waals surface area contributed by atoms with Crippen LogP contribution in [0.15, 0.2) is 36.5 Å². The minimum atomic E-state index is 0.00363. The van der Waals surface area contributed by atoms with Crippen molar-refractivity contribution in [1.29, 1.82) is 0 Å². The number of anilines is 1. The van der Waals surface area contributed by atoms with Gasteiger partial charge in [-0.2, -0.15) is 0 Å². The van der Waals surface area contributed by atoms with E-state index in [4.69, 9.17) is 0 Å². The van der Waals surface area contributed by atoms with Crippen molar-refractivity contribution in [2.75, 3.05) is 18.4 Å². The predicted molar refractivity (Wildman–Crippen MR) is 85.3 cm³/mol. The number of rotatable bonds is 4. The number of benzene rings is 1. The Labute approximate surface area is 125 Å². The van der Waals surface area contributed by atoms with Crippen molar-refractivity contribution in [3.8, 4) is 0 Å². The maximum Gasteiger partial charge on any atom is 0.241 e. The molecule has 1 amide bonds. The predicted octanol–water partition coefficient (Wildman–Crippen LogP) is 3.05. The highest BCUT2D eigenvalue weighted by Crippen LogP contribution is 2.23. The molecule has 0 bridgehead atoms. The summed E-state index contributed by atoms with van der Waals surface area (Å²) in [7, 11) is 0. The number of carbonyl (C=O) groups is 1. The molecule has 110 valence electrons. The van der Waals surface area contributed by atoms with Gasteiger partial charge in [-0.15, -0.1) is 0 Å². The van der Waals surface area contributed by atoms with Gasteiger partial charge in [-0.05, 0) is 44.5 Å². The molecule has 0 unspecified atom stereocenters. The Morgan fingerprint density at radius 1 is 1.38 bits per heavy atom. The molecule has 1 aliphatic heterocycles. The van der Waals surface area contributed by atoms with Crippen molar-refractivity contribution in [2.24, 2.45) is 0 Å². The van der Waals surface area contributed by atoms with Gasteiger partial charge < -0.3 is 5.32 Å². The summed E-state index contributed by atoms with van der Waals surface area (Å²) >= 11 is 0. The van der Waals surface area contributed by atoms with Crippen LogP contribution in [0.3, 0.4) is 0 Å². The average molecular weight is 283 g/mol. The molecular weight excluding hydrogens is 262 g/mol. The summed E-state index contributed by atoms with van der Waals surface area (Å²) in [6, 6.07) is 9.82. The van der Waals surface area contributed by atoms with Crippen LogP contribution in [0.5, 0.6) is 0 Å². The van der Waals surface area contributed by atoms with Crippen LogP contribution in [0.1, 0.15) is 26.2 Å². The number of fused-ring (bicyclic) bond motifs is 1. The highest BCUT2D eigenvalue weighted by molar-refractivity contribution is 6.02. The summed E-state index contributed by atoms with van der Waals surface area (Å²) in [6.45, 7) is 4.17. The summed E-state index contributed by atoms with van der Waals surface area (Å²) in [5, 5.41) is 4.12. The molecule has 4 nitrogen and oxygen atoms in total. The van der Waals surface area contributed by atoms with Gasteiger partial charge >= 0.3 is 0 Å². The third kappa shape index (κ3) is 2.90. The van der Waals surface area contributed by atoms with Crippen LogP contribution >= 0.6 is 0 Å². The molecule has 1 saturated heterocycles. The third-order valence-corrected chi connectivity index (χ3v) is 4.07. The first kappa shape index (κ1) is 14.0. The lowest BCUT2D eigenvalue weighted by atomic mass is 10.1. The number of nitrogens with zero attached hydrogens (tertiary/aromatic N) is 2. The number of carbonyl (C=O) groups excluding carboxylic acids is 1. The zero-order valence-electron chi connectivity index (χ0n) is 12.4. The molecule has 3 rings (SSSR count). The molecule has 1 aliphatic rings. The van der Waals surface area contributed by atoms with E-state index < -0.39 is 0 Å². The SMILES string of the molecule is CCCN1CCC[C@H]1C(=O)Nc1cccc2cccnc12. The van der Waals surface area contributed by atoms with Crippen LogP contribution in [0.25, 0.3) is 10.9 Å². The van der Waals surface area contributed by atoms with Crippen LogP contribution < -0.4 is 5.32 Å². The quantitative estimate of drug-likeness (QED) is 0.938. The van der Waals surface area contributed by atoms with E-state index >= 15 is 0 Å². The van der Waals surface area contributed by atoms with E-state index in [1.807, 2.05) is 30.3 Å². The molecule has 0 spiro atoms. The van der Waals surface area contributed by atoms with E-state index in [1.54, 1.807) is 6.20 Å². The van der Waals surface area contributed by atoms with Gasteiger partial charge in [0.1, 0.15) is 0 Å². The number of para-hydroxylation sites is 1. The Balaban J connectivity index is 1.80. The summed E-state index contributed by atoms with van der Waals surface area (Å²) < 4.78 is 0. The fourth-order valence-corrected chi connectivity index (χ4v) is 3.10. The molecule has 2 aromatic rings. The molecule has 21 heavy (non-hydrogen) atoms. The number of aromatic nitrogens is 1. The molecule has 0 radical (unpaired) electrons. The summed E-state index contributed by atoms with van der Waals surface area (Å²) in [5.41, 5.74) is 1.66. The number of amides is 1. The number of hydrogen-bond donors (Lipinski definition) is 1. The van der Waals surface area contributed by atoms with Crippen molar-refractivity contribution in [1.82, 2.24) is 9.88 Å². The topological polar surface area (TPSA) is 45.2 Å². The van der Waals surface area contributed by atoms with E-state index in [0.29, 0.717) is 0 Å². The largest absolute Gasteiger partial charge is 0.323 e. The van der Waals surface area contributed by atoms with Gasteiger partial charge in [0.05, 0.1) is 17.2 Å². The van der Waals surface area contributed by atoms with Gasteiger partial charge in [-0.3, -0.25) is 14.7 Å². The normalized spacial score (nSPS) is 19.0. The Morgan fingerprint density at radius 3 is 3.10 bits per heavy atom. The third-order valence-electron chi connectivity index (χ3n) is 4.07. The Hall–Kier alpha value is -1.94. The molecular formula is C17H21N3O. The maximum absolute atomic E-state index is 12.6. The zero-order chi connectivity index (χ0) is 14.7. The first-order chi connectivity index (χ1) is 10.3. The monoisotopic (exact) mass is 283 g/mol. The first-order valence-electron chi connectivity index (χ1n) is 7.68.